The number of Topliss-reactive ketones (excluding diaryl/α,β-unsaturated/α-hetero) is 1. The molecule has 0 saturated heterocycles. The van der Waals surface area contributed by atoms with Crippen LogP contribution in [0.15, 0.2) is 43.0 Å². The van der Waals surface area contributed by atoms with E-state index in [1.54, 1.807) is 16.7 Å². The number of aromatic nitrogens is 3. The lowest BCUT2D eigenvalue weighted by Gasteiger charge is -1.99. The minimum absolute atomic E-state index is 0.0606. The summed E-state index contributed by atoms with van der Waals surface area (Å²) < 4.78 is 1.65. The van der Waals surface area contributed by atoms with Gasteiger partial charge in [0.1, 0.15) is 12.7 Å². The molecule has 14 heavy (non-hydrogen) atoms. The van der Waals surface area contributed by atoms with Gasteiger partial charge in [-0.05, 0) is 0 Å². The zero-order valence-electron chi connectivity index (χ0n) is 7.50. The van der Waals surface area contributed by atoms with E-state index >= 15 is 0 Å². The number of rotatable bonds is 3. The first-order valence-electron chi connectivity index (χ1n) is 4.27. The number of nitrogens with zero attached hydrogens (tertiary/aromatic N) is 3. The van der Waals surface area contributed by atoms with Crippen LogP contribution in [0.1, 0.15) is 10.4 Å². The zero-order chi connectivity index (χ0) is 9.80. The molecule has 2 rings (SSSR count). The molecular weight excluding hydrogens is 178 g/mol. The second kappa shape index (κ2) is 3.83. The Morgan fingerprint density at radius 1 is 1.14 bits per heavy atom. The fourth-order valence-corrected chi connectivity index (χ4v) is 1.18. The van der Waals surface area contributed by atoms with Crippen LogP contribution in [0.3, 0.4) is 0 Å². The van der Waals surface area contributed by atoms with E-state index in [1.807, 2.05) is 18.2 Å². The number of benzene rings is 1. The minimum Gasteiger partial charge on any atom is -0.312 e. The molecule has 0 unspecified atom stereocenters. The molecule has 0 fully saturated rings. The van der Waals surface area contributed by atoms with Gasteiger partial charge in [-0.3, -0.25) is 4.79 Å². The second-order valence-electron chi connectivity index (χ2n) is 2.92. The van der Waals surface area contributed by atoms with Crippen molar-refractivity contribution in [1.29, 1.82) is 0 Å². The van der Waals surface area contributed by atoms with E-state index in [0.717, 1.165) is 0 Å². The zero-order valence-corrected chi connectivity index (χ0v) is 7.50. The van der Waals surface area contributed by atoms with Crippen LogP contribution in [0.5, 0.6) is 0 Å². The first-order valence-corrected chi connectivity index (χ1v) is 4.27. The SMILES string of the molecule is O=C(Cn1cnnc1)c1ccccc1. The minimum atomic E-state index is 0.0606. The standard InChI is InChI=1S/C10H9N3O/c14-10(6-13-7-11-12-8-13)9-4-2-1-3-5-9/h1-5,7-8H,6H2. The van der Waals surface area contributed by atoms with E-state index in [4.69, 9.17) is 0 Å². The van der Waals surface area contributed by atoms with Crippen LogP contribution in [0, 0.1) is 0 Å². The second-order valence-corrected chi connectivity index (χ2v) is 2.92. The molecule has 1 aromatic heterocycles. The predicted octanol–water partition coefficient (Wildman–Crippen LogP) is 1.16. The highest BCUT2D eigenvalue weighted by Gasteiger charge is 2.04. The van der Waals surface area contributed by atoms with Gasteiger partial charge in [0.25, 0.3) is 0 Å². The van der Waals surface area contributed by atoms with Crippen molar-refractivity contribution in [3.8, 4) is 0 Å². The first kappa shape index (κ1) is 8.62. The van der Waals surface area contributed by atoms with Gasteiger partial charge in [-0.15, -0.1) is 10.2 Å². The van der Waals surface area contributed by atoms with Crippen molar-refractivity contribution >= 4 is 5.78 Å². The summed E-state index contributed by atoms with van der Waals surface area (Å²) >= 11 is 0. The maximum atomic E-state index is 11.6. The average molecular weight is 187 g/mol. The van der Waals surface area contributed by atoms with Crippen LogP contribution >= 0.6 is 0 Å². The summed E-state index contributed by atoms with van der Waals surface area (Å²) in [6, 6.07) is 9.17. The van der Waals surface area contributed by atoms with E-state index in [0.29, 0.717) is 5.56 Å². The number of hydrogen-bond donors (Lipinski definition) is 0. The molecule has 0 spiro atoms. The summed E-state index contributed by atoms with van der Waals surface area (Å²) in [5, 5.41) is 7.26. The molecule has 1 heterocycles. The Kier molecular flexibility index (Phi) is 2.36. The maximum Gasteiger partial charge on any atom is 0.182 e. The number of carbonyl (C=O) groups excluding carboxylic acids is 1. The van der Waals surface area contributed by atoms with Gasteiger partial charge in [-0.2, -0.15) is 0 Å². The number of ketones is 1. The van der Waals surface area contributed by atoms with Gasteiger partial charge < -0.3 is 4.57 Å². The maximum absolute atomic E-state index is 11.6. The molecule has 0 atom stereocenters. The highest BCUT2D eigenvalue weighted by molar-refractivity contribution is 5.95. The molecule has 0 aliphatic heterocycles. The fraction of sp³-hybridized carbons (Fsp3) is 0.100. The molecule has 4 heteroatoms. The van der Waals surface area contributed by atoms with Crippen molar-refractivity contribution in [2.75, 3.05) is 0 Å². The van der Waals surface area contributed by atoms with E-state index < -0.39 is 0 Å². The van der Waals surface area contributed by atoms with Crippen molar-refractivity contribution in [3.63, 3.8) is 0 Å². The van der Waals surface area contributed by atoms with Crippen molar-refractivity contribution in [1.82, 2.24) is 14.8 Å². The van der Waals surface area contributed by atoms with Crippen LogP contribution < -0.4 is 0 Å². The largest absolute Gasteiger partial charge is 0.312 e. The monoisotopic (exact) mass is 187 g/mol. The Balaban J connectivity index is 2.11. The van der Waals surface area contributed by atoms with Crippen molar-refractivity contribution < 1.29 is 4.79 Å². The van der Waals surface area contributed by atoms with Crippen molar-refractivity contribution in [2.45, 2.75) is 6.54 Å². The Morgan fingerprint density at radius 2 is 1.79 bits per heavy atom. The normalized spacial score (nSPS) is 10.0. The van der Waals surface area contributed by atoms with Crippen LogP contribution in [0.2, 0.25) is 0 Å². The van der Waals surface area contributed by atoms with E-state index in [-0.39, 0.29) is 12.3 Å². The molecule has 4 nitrogen and oxygen atoms in total. The van der Waals surface area contributed by atoms with E-state index in [2.05, 4.69) is 10.2 Å². The molecule has 0 radical (unpaired) electrons. The third-order valence-corrected chi connectivity index (χ3v) is 1.89. The summed E-state index contributed by atoms with van der Waals surface area (Å²) in [5.41, 5.74) is 0.709. The number of hydrogen-bond acceptors (Lipinski definition) is 3. The lowest BCUT2D eigenvalue weighted by Crippen LogP contribution is -2.08. The summed E-state index contributed by atoms with van der Waals surface area (Å²) in [4.78, 5) is 11.6. The molecule has 2 aromatic rings. The summed E-state index contributed by atoms with van der Waals surface area (Å²) in [6.07, 6.45) is 3.06. The Labute approximate surface area is 81.2 Å². The van der Waals surface area contributed by atoms with Gasteiger partial charge in [-0.25, -0.2) is 0 Å². The van der Waals surface area contributed by atoms with Crippen LogP contribution in [0.4, 0.5) is 0 Å². The Bertz CT molecular complexity index is 408. The van der Waals surface area contributed by atoms with Gasteiger partial charge >= 0.3 is 0 Å². The molecule has 0 amide bonds. The number of carbonyl (C=O) groups is 1. The smallest absolute Gasteiger partial charge is 0.182 e. The summed E-state index contributed by atoms with van der Waals surface area (Å²) in [6.45, 7) is 0.289. The van der Waals surface area contributed by atoms with Crippen LogP contribution in [0.25, 0.3) is 0 Å². The molecule has 1 aromatic carbocycles. The van der Waals surface area contributed by atoms with Crippen LogP contribution in [-0.4, -0.2) is 20.5 Å². The molecule has 0 aliphatic rings. The van der Waals surface area contributed by atoms with Gasteiger partial charge in [0.2, 0.25) is 0 Å². The third-order valence-electron chi connectivity index (χ3n) is 1.89. The lowest BCUT2D eigenvalue weighted by atomic mass is 10.1. The summed E-state index contributed by atoms with van der Waals surface area (Å²) in [5.74, 6) is 0.0606. The first-order chi connectivity index (χ1) is 6.86. The van der Waals surface area contributed by atoms with E-state index in [1.165, 1.54) is 12.7 Å². The molecule has 0 aliphatic carbocycles. The van der Waals surface area contributed by atoms with Gasteiger partial charge in [-0.1, -0.05) is 30.3 Å². The van der Waals surface area contributed by atoms with E-state index in [9.17, 15) is 4.79 Å². The van der Waals surface area contributed by atoms with Gasteiger partial charge in [0.05, 0.1) is 6.54 Å². The third kappa shape index (κ3) is 1.85. The van der Waals surface area contributed by atoms with Crippen molar-refractivity contribution in [3.05, 3.63) is 48.5 Å². The Hall–Kier alpha value is -1.97. The molecule has 0 N–H and O–H groups in total. The molecule has 0 saturated carbocycles. The molecule has 0 bridgehead atoms. The van der Waals surface area contributed by atoms with Gasteiger partial charge in [0.15, 0.2) is 5.78 Å². The van der Waals surface area contributed by atoms with Crippen molar-refractivity contribution in [2.24, 2.45) is 0 Å². The predicted molar refractivity (Wildman–Crippen MR) is 50.8 cm³/mol. The topological polar surface area (TPSA) is 47.8 Å². The average Bonchev–Trinajstić information content (AvgIpc) is 2.72. The molecule has 70 valence electrons. The quantitative estimate of drug-likeness (QED) is 0.677. The lowest BCUT2D eigenvalue weighted by molar-refractivity contribution is 0.0972. The highest BCUT2D eigenvalue weighted by atomic mass is 16.1. The van der Waals surface area contributed by atoms with Crippen LogP contribution in [-0.2, 0) is 6.54 Å². The van der Waals surface area contributed by atoms with Gasteiger partial charge in [0, 0.05) is 5.56 Å². The Morgan fingerprint density at radius 3 is 2.43 bits per heavy atom. The molecular formula is C10H9N3O. The summed E-state index contributed by atoms with van der Waals surface area (Å²) in [7, 11) is 0. The highest BCUT2D eigenvalue weighted by Crippen LogP contribution is 2.01. The fourth-order valence-electron chi connectivity index (χ4n) is 1.18.